The number of anilines is 1. The number of nitrogens with two attached hydrogens (primary N) is 1. The van der Waals surface area contributed by atoms with Crippen LogP contribution in [0.1, 0.15) is 19.8 Å². The van der Waals surface area contributed by atoms with Crippen molar-refractivity contribution >= 4 is 34.1 Å². The van der Waals surface area contributed by atoms with Crippen molar-refractivity contribution in [3.05, 3.63) is 0 Å². The number of halogens is 3. The maximum Gasteiger partial charge on any atom is 0.406 e. The second-order valence-electron chi connectivity index (χ2n) is 4.91. The van der Waals surface area contributed by atoms with E-state index >= 15 is 0 Å². The summed E-state index contributed by atoms with van der Waals surface area (Å²) in [5.41, 5.74) is 5.41. The molecule has 1 fully saturated rings. The molecule has 0 spiro atoms. The smallest absolute Gasteiger partial charge is 0.374 e. The van der Waals surface area contributed by atoms with Gasteiger partial charge in [0, 0.05) is 6.04 Å². The molecule has 1 amide bonds. The molecular formula is C11H15F3N4OS2. The highest BCUT2D eigenvalue weighted by molar-refractivity contribution is 8.01. The van der Waals surface area contributed by atoms with E-state index in [-0.39, 0.29) is 22.8 Å². The molecule has 1 saturated carbocycles. The van der Waals surface area contributed by atoms with E-state index in [0.29, 0.717) is 4.34 Å². The van der Waals surface area contributed by atoms with Gasteiger partial charge in [0.05, 0.1) is 5.75 Å². The lowest BCUT2D eigenvalue weighted by Crippen LogP contribution is -2.46. The van der Waals surface area contributed by atoms with Crippen molar-refractivity contribution < 1.29 is 18.0 Å². The Balaban J connectivity index is 1.96. The number of alkyl halides is 3. The maximum absolute atomic E-state index is 12.6. The van der Waals surface area contributed by atoms with Gasteiger partial charge in [0.2, 0.25) is 11.0 Å². The lowest BCUT2D eigenvalue weighted by molar-refractivity contribution is -0.164. The molecule has 2 rings (SSSR count). The molecule has 2 N–H and O–H groups in total. The monoisotopic (exact) mass is 340 g/mol. The third-order valence-electron chi connectivity index (χ3n) is 3.21. The van der Waals surface area contributed by atoms with Crippen LogP contribution in [0.3, 0.4) is 0 Å². The van der Waals surface area contributed by atoms with Crippen molar-refractivity contribution in [1.82, 2.24) is 15.1 Å². The van der Waals surface area contributed by atoms with E-state index in [4.69, 9.17) is 5.73 Å². The molecular weight excluding hydrogens is 325 g/mol. The van der Waals surface area contributed by atoms with Gasteiger partial charge in [-0.15, -0.1) is 10.2 Å². The van der Waals surface area contributed by atoms with E-state index in [1.807, 2.05) is 0 Å². The van der Waals surface area contributed by atoms with Crippen molar-refractivity contribution in [2.24, 2.45) is 5.92 Å². The Hall–Kier alpha value is -1.03. The summed E-state index contributed by atoms with van der Waals surface area (Å²) in [6, 6.07) is -0.390. The van der Waals surface area contributed by atoms with Crippen LogP contribution in [-0.4, -0.2) is 45.5 Å². The van der Waals surface area contributed by atoms with Crippen LogP contribution < -0.4 is 5.73 Å². The first-order valence-electron chi connectivity index (χ1n) is 6.34. The fraction of sp³-hybridized carbons (Fsp3) is 0.727. The number of nitrogens with zero attached hydrogens (tertiary/aromatic N) is 3. The predicted octanol–water partition coefficient (Wildman–Crippen LogP) is 2.40. The van der Waals surface area contributed by atoms with Crippen LogP contribution in [0.2, 0.25) is 0 Å². The normalized spacial score (nSPS) is 16.8. The first-order valence-corrected chi connectivity index (χ1v) is 8.14. The third kappa shape index (κ3) is 5.03. The van der Waals surface area contributed by atoms with Crippen LogP contribution in [0.4, 0.5) is 18.3 Å². The summed E-state index contributed by atoms with van der Waals surface area (Å²) in [5.74, 6) is -0.453. The SMILES string of the molecule is CC(C1CC1)N(CC(F)(F)F)C(=O)CSc1nnc(N)s1. The molecule has 0 bridgehead atoms. The van der Waals surface area contributed by atoms with Gasteiger partial charge in [-0.25, -0.2) is 0 Å². The zero-order chi connectivity index (χ0) is 15.6. The summed E-state index contributed by atoms with van der Waals surface area (Å²) in [4.78, 5) is 13.0. The molecule has 0 radical (unpaired) electrons. The fourth-order valence-corrected chi connectivity index (χ4v) is 3.49. The second kappa shape index (κ2) is 6.39. The largest absolute Gasteiger partial charge is 0.406 e. The highest BCUT2D eigenvalue weighted by atomic mass is 32.2. The Kier molecular flexibility index (Phi) is 4.97. The van der Waals surface area contributed by atoms with Crippen LogP contribution in [-0.2, 0) is 4.79 Å². The van der Waals surface area contributed by atoms with Gasteiger partial charge in [-0.3, -0.25) is 4.79 Å². The van der Waals surface area contributed by atoms with Gasteiger partial charge in [-0.2, -0.15) is 13.2 Å². The van der Waals surface area contributed by atoms with Gasteiger partial charge in [-0.05, 0) is 25.7 Å². The fourth-order valence-electron chi connectivity index (χ4n) is 1.97. The minimum atomic E-state index is -4.39. The van der Waals surface area contributed by atoms with Crippen LogP contribution in [0.25, 0.3) is 0 Å². The van der Waals surface area contributed by atoms with Gasteiger partial charge in [0.25, 0.3) is 0 Å². The van der Waals surface area contributed by atoms with Crippen LogP contribution in [0, 0.1) is 5.92 Å². The van der Waals surface area contributed by atoms with Gasteiger partial charge < -0.3 is 10.6 Å². The first kappa shape index (κ1) is 16.3. The third-order valence-corrected chi connectivity index (χ3v) is 5.08. The zero-order valence-electron chi connectivity index (χ0n) is 11.3. The van der Waals surface area contributed by atoms with Gasteiger partial charge in [0.15, 0.2) is 4.34 Å². The first-order chi connectivity index (χ1) is 9.76. The Labute approximate surface area is 128 Å². The second-order valence-corrected chi connectivity index (χ2v) is 7.14. The van der Waals surface area contributed by atoms with Gasteiger partial charge in [0.1, 0.15) is 6.54 Å². The van der Waals surface area contributed by atoms with Crippen LogP contribution in [0.15, 0.2) is 4.34 Å². The summed E-state index contributed by atoms with van der Waals surface area (Å²) in [7, 11) is 0. The molecule has 1 unspecified atom stereocenters. The summed E-state index contributed by atoms with van der Waals surface area (Å²) < 4.78 is 38.4. The molecule has 21 heavy (non-hydrogen) atoms. The molecule has 1 aliphatic carbocycles. The minimum Gasteiger partial charge on any atom is -0.374 e. The van der Waals surface area contributed by atoms with Gasteiger partial charge >= 0.3 is 6.18 Å². The number of nitrogen functional groups attached to an aromatic ring is 1. The topological polar surface area (TPSA) is 72.1 Å². The lowest BCUT2D eigenvalue weighted by atomic mass is 10.2. The molecule has 0 saturated heterocycles. The standard InChI is InChI=1S/C11H15F3N4OS2/c1-6(7-2-3-7)18(5-11(12,13)14)8(19)4-20-10-17-16-9(15)21-10/h6-7H,2-5H2,1H3,(H2,15,16). The molecule has 1 aromatic rings. The highest BCUT2D eigenvalue weighted by Gasteiger charge is 2.40. The summed E-state index contributed by atoms with van der Waals surface area (Å²) >= 11 is 2.17. The van der Waals surface area contributed by atoms with Crippen molar-refractivity contribution in [2.45, 2.75) is 36.3 Å². The molecule has 1 atom stereocenters. The highest BCUT2D eigenvalue weighted by Crippen LogP contribution is 2.36. The average molecular weight is 340 g/mol. The predicted molar refractivity (Wildman–Crippen MR) is 75.0 cm³/mol. The molecule has 118 valence electrons. The molecule has 1 aromatic heterocycles. The average Bonchev–Trinajstić information content (AvgIpc) is 3.15. The Morgan fingerprint density at radius 2 is 2.19 bits per heavy atom. The lowest BCUT2D eigenvalue weighted by Gasteiger charge is -2.30. The van der Waals surface area contributed by atoms with E-state index in [1.54, 1.807) is 6.92 Å². The van der Waals surface area contributed by atoms with Crippen molar-refractivity contribution in [2.75, 3.05) is 18.0 Å². The van der Waals surface area contributed by atoms with E-state index < -0.39 is 18.6 Å². The number of hydrogen-bond donors (Lipinski definition) is 1. The number of hydrogen-bond acceptors (Lipinski definition) is 6. The summed E-state index contributed by atoms with van der Waals surface area (Å²) in [6.07, 6.45) is -2.64. The van der Waals surface area contributed by atoms with Gasteiger partial charge in [-0.1, -0.05) is 23.1 Å². The van der Waals surface area contributed by atoms with E-state index in [1.165, 1.54) is 0 Å². The molecule has 5 nitrogen and oxygen atoms in total. The number of amides is 1. The van der Waals surface area contributed by atoms with Crippen LogP contribution >= 0.6 is 23.1 Å². The number of carbonyl (C=O) groups excluding carboxylic acids is 1. The van der Waals surface area contributed by atoms with Crippen LogP contribution in [0.5, 0.6) is 0 Å². The van der Waals surface area contributed by atoms with Crippen molar-refractivity contribution in [3.63, 3.8) is 0 Å². The van der Waals surface area contributed by atoms with E-state index in [0.717, 1.165) is 40.8 Å². The minimum absolute atomic E-state index is 0.0955. The molecule has 0 aliphatic heterocycles. The molecule has 1 heterocycles. The van der Waals surface area contributed by atoms with E-state index in [2.05, 4.69) is 10.2 Å². The Bertz CT molecular complexity index is 504. The maximum atomic E-state index is 12.6. The molecule has 10 heteroatoms. The van der Waals surface area contributed by atoms with Crippen molar-refractivity contribution in [1.29, 1.82) is 0 Å². The van der Waals surface area contributed by atoms with Crippen molar-refractivity contribution in [3.8, 4) is 0 Å². The summed E-state index contributed by atoms with van der Waals surface area (Å²) in [5, 5.41) is 7.59. The summed E-state index contributed by atoms with van der Waals surface area (Å²) in [6.45, 7) is 0.469. The quantitative estimate of drug-likeness (QED) is 0.805. The Morgan fingerprint density at radius 3 is 2.67 bits per heavy atom. The number of rotatable bonds is 6. The zero-order valence-corrected chi connectivity index (χ0v) is 12.9. The molecule has 1 aliphatic rings. The number of aromatic nitrogens is 2. The number of carbonyl (C=O) groups is 1. The van der Waals surface area contributed by atoms with E-state index in [9.17, 15) is 18.0 Å². The molecule has 0 aromatic carbocycles. The Morgan fingerprint density at radius 1 is 1.52 bits per heavy atom. The number of thioether (sulfide) groups is 1.